The van der Waals surface area contributed by atoms with Gasteiger partial charge in [0.2, 0.25) is 0 Å². The standard InChI is InChI=1S/C15H26N2O/c1(5-17-6-8-18-9-7-17)4-16-12-15-11-13-2-3-14(15)10-13/h2-3,13-16H,1,4-12H2. The molecule has 1 saturated heterocycles. The lowest BCUT2D eigenvalue weighted by Gasteiger charge is -2.26. The summed E-state index contributed by atoms with van der Waals surface area (Å²) in [5.41, 5.74) is 0. The zero-order chi connectivity index (χ0) is 12.2. The van der Waals surface area contributed by atoms with E-state index in [2.05, 4.69) is 22.4 Å². The number of nitrogens with one attached hydrogen (secondary N) is 1. The zero-order valence-corrected chi connectivity index (χ0v) is 11.3. The van der Waals surface area contributed by atoms with Crippen molar-refractivity contribution in [2.45, 2.75) is 19.3 Å². The highest BCUT2D eigenvalue weighted by molar-refractivity contribution is 5.10. The topological polar surface area (TPSA) is 24.5 Å². The van der Waals surface area contributed by atoms with E-state index in [1.807, 2.05) is 0 Å². The van der Waals surface area contributed by atoms with Crippen LogP contribution in [0.1, 0.15) is 19.3 Å². The molecule has 0 spiro atoms. The highest BCUT2D eigenvalue weighted by atomic mass is 16.5. The fourth-order valence-corrected chi connectivity index (χ4v) is 3.67. The second-order valence-corrected chi connectivity index (χ2v) is 6.05. The van der Waals surface area contributed by atoms with Crippen molar-refractivity contribution in [2.75, 3.05) is 45.9 Å². The number of hydrogen-bond donors (Lipinski definition) is 1. The Bertz CT molecular complexity index is 286. The molecule has 3 heteroatoms. The molecule has 0 aromatic rings. The number of morpholine rings is 1. The average molecular weight is 250 g/mol. The highest BCUT2D eigenvalue weighted by Crippen LogP contribution is 2.42. The highest BCUT2D eigenvalue weighted by Gasteiger charge is 2.34. The Morgan fingerprint density at radius 1 is 1.17 bits per heavy atom. The molecular formula is C15H26N2O. The molecule has 2 aliphatic carbocycles. The third kappa shape index (κ3) is 3.14. The molecule has 2 bridgehead atoms. The van der Waals surface area contributed by atoms with E-state index in [1.165, 1.54) is 38.9 Å². The summed E-state index contributed by atoms with van der Waals surface area (Å²) in [7, 11) is 0. The Labute approximate surface area is 111 Å². The summed E-state index contributed by atoms with van der Waals surface area (Å²) in [6.07, 6.45) is 9.02. The molecule has 102 valence electrons. The van der Waals surface area contributed by atoms with E-state index in [4.69, 9.17) is 4.74 Å². The first-order chi connectivity index (χ1) is 8.92. The maximum atomic E-state index is 5.36. The summed E-state index contributed by atoms with van der Waals surface area (Å²) < 4.78 is 5.36. The third-order valence-corrected chi connectivity index (χ3v) is 4.75. The molecule has 3 aliphatic rings. The molecule has 1 N–H and O–H groups in total. The van der Waals surface area contributed by atoms with Gasteiger partial charge in [0.05, 0.1) is 13.2 Å². The van der Waals surface area contributed by atoms with Crippen LogP contribution in [-0.4, -0.2) is 50.8 Å². The van der Waals surface area contributed by atoms with Crippen molar-refractivity contribution >= 4 is 0 Å². The quantitative estimate of drug-likeness (QED) is 0.571. The van der Waals surface area contributed by atoms with Crippen molar-refractivity contribution in [1.29, 1.82) is 0 Å². The van der Waals surface area contributed by atoms with E-state index in [-0.39, 0.29) is 0 Å². The third-order valence-electron chi connectivity index (χ3n) is 4.75. The van der Waals surface area contributed by atoms with Crippen LogP contribution < -0.4 is 5.32 Å². The molecule has 3 unspecified atom stereocenters. The van der Waals surface area contributed by atoms with Crippen LogP contribution in [0.3, 0.4) is 0 Å². The lowest BCUT2D eigenvalue weighted by molar-refractivity contribution is 0.0374. The predicted molar refractivity (Wildman–Crippen MR) is 73.6 cm³/mol. The van der Waals surface area contributed by atoms with Crippen molar-refractivity contribution in [3.63, 3.8) is 0 Å². The monoisotopic (exact) mass is 250 g/mol. The molecule has 1 heterocycles. The van der Waals surface area contributed by atoms with Crippen molar-refractivity contribution < 1.29 is 4.74 Å². The summed E-state index contributed by atoms with van der Waals surface area (Å²) >= 11 is 0. The van der Waals surface area contributed by atoms with E-state index in [9.17, 15) is 0 Å². The van der Waals surface area contributed by atoms with Gasteiger partial charge in [-0.25, -0.2) is 0 Å². The van der Waals surface area contributed by atoms with Crippen LogP contribution in [0.4, 0.5) is 0 Å². The maximum Gasteiger partial charge on any atom is 0.0594 e. The van der Waals surface area contributed by atoms with Gasteiger partial charge in [0.15, 0.2) is 0 Å². The molecule has 3 atom stereocenters. The lowest BCUT2D eigenvalue weighted by atomic mass is 9.94. The number of fused-ring (bicyclic) bond motifs is 2. The van der Waals surface area contributed by atoms with Crippen molar-refractivity contribution in [3.05, 3.63) is 12.2 Å². The Morgan fingerprint density at radius 2 is 2.06 bits per heavy atom. The summed E-state index contributed by atoms with van der Waals surface area (Å²) in [6.45, 7) is 7.72. The predicted octanol–water partition coefficient (Wildman–Crippen LogP) is 1.51. The van der Waals surface area contributed by atoms with E-state index < -0.39 is 0 Å². The number of nitrogens with zero attached hydrogens (tertiary/aromatic N) is 1. The minimum atomic E-state index is 0.891. The van der Waals surface area contributed by atoms with Gasteiger partial charge in [-0.2, -0.15) is 0 Å². The maximum absolute atomic E-state index is 5.36. The molecule has 2 fully saturated rings. The molecule has 1 saturated carbocycles. The Kier molecular flexibility index (Phi) is 4.34. The zero-order valence-electron chi connectivity index (χ0n) is 11.3. The van der Waals surface area contributed by atoms with Crippen LogP contribution in [0.2, 0.25) is 0 Å². The van der Waals surface area contributed by atoms with Crippen LogP contribution in [-0.2, 0) is 4.74 Å². The SMILES string of the molecule is C1=CC2CC1CC2CNCCCN1CCOCC1. The molecule has 0 aromatic heterocycles. The fraction of sp³-hybridized carbons (Fsp3) is 0.867. The molecule has 3 rings (SSSR count). The minimum absolute atomic E-state index is 0.891. The Hall–Kier alpha value is -0.380. The van der Waals surface area contributed by atoms with E-state index >= 15 is 0 Å². The second-order valence-electron chi connectivity index (χ2n) is 6.05. The Morgan fingerprint density at radius 3 is 2.78 bits per heavy atom. The second kappa shape index (κ2) is 6.18. The molecular weight excluding hydrogens is 224 g/mol. The van der Waals surface area contributed by atoms with Gasteiger partial charge in [0.25, 0.3) is 0 Å². The largest absolute Gasteiger partial charge is 0.379 e. The van der Waals surface area contributed by atoms with Crippen LogP contribution in [0, 0.1) is 17.8 Å². The van der Waals surface area contributed by atoms with Crippen LogP contribution in [0.5, 0.6) is 0 Å². The number of hydrogen-bond acceptors (Lipinski definition) is 3. The van der Waals surface area contributed by atoms with Crippen molar-refractivity contribution in [1.82, 2.24) is 10.2 Å². The summed E-state index contributed by atoms with van der Waals surface area (Å²) in [6, 6.07) is 0. The van der Waals surface area contributed by atoms with Crippen molar-refractivity contribution in [3.8, 4) is 0 Å². The molecule has 0 aromatic carbocycles. The van der Waals surface area contributed by atoms with Gasteiger partial charge >= 0.3 is 0 Å². The van der Waals surface area contributed by atoms with E-state index in [0.717, 1.165) is 44.1 Å². The summed E-state index contributed by atoms with van der Waals surface area (Å²) in [5, 5.41) is 3.66. The Balaban J connectivity index is 1.24. The van der Waals surface area contributed by atoms with Gasteiger partial charge in [-0.1, -0.05) is 12.2 Å². The van der Waals surface area contributed by atoms with Crippen LogP contribution in [0.15, 0.2) is 12.2 Å². The van der Waals surface area contributed by atoms with Gasteiger partial charge in [0, 0.05) is 13.1 Å². The first-order valence-electron chi connectivity index (χ1n) is 7.61. The molecule has 3 nitrogen and oxygen atoms in total. The van der Waals surface area contributed by atoms with Gasteiger partial charge in [-0.05, 0) is 56.7 Å². The van der Waals surface area contributed by atoms with Crippen LogP contribution in [0.25, 0.3) is 0 Å². The minimum Gasteiger partial charge on any atom is -0.379 e. The lowest BCUT2D eigenvalue weighted by Crippen LogP contribution is -2.38. The normalized spacial score (nSPS) is 35.4. The molecule has 0 radical (unpaired) electrons. The van der Waals surface area contributed by atoms with Crippen molar-refractivity contribution in [2.24, 2.45) is 17.8 Å². The molecule has 1 aliphatic heterocycles. The summed E-state index contributed by atoms with van der Waals surface area (Å²) in [4.78, 5) is 2.52. The number of rotatable bonds is 6. The smallest absolute Gasteiger partial charge is 0.0594 e. The first kappa shape index (κ1) is 12.6. The number of ether oxygens (including phenoxy) is 1. The van der Waals surface area contributed by atoms with Gasteiger partial charge in [0.1, 0.15) is 0 Å². The molecule has 18 heavy (non-hydrogen) atoms. The number of allylic oxidation sites excluding steroid dienone is 2. The van der Waals surface area contributed by atoms with Gasteiger partial charge in [-0.15, -0.1) is 0 Å². The van der Waals surface area contributed by atoms with E-state index in [1.54, 1.807) is 0 Å². The fourth-order valence-electron chi connectivity index (χ4n) is 3.67. The van der Waals surface area contributed by atoms with Crippen LogP contribution >= 0.6 is 0 Å². The van der Waals surface area contributed by atoms with E-state index in [0.29, 0.717) is 0 Å². The average Bonchev–Trinajstić information content (AvgIpc) is 3.02. The molecule has 0 amide bonds. The summed E-state index contributed by atoms with van der Waals surface area (Å²) in [5.74, 6) is 2.72. The first-order valence-corrected chi connectivity index (χ1v) is 7.61. The van der Waals surface area contributed by atoms with Gasteiger partial charge < -0.3 is 10.1 Å². The van der Waals surface area contributed by atoms with Gasteiger partial charge in [-0.3, -0.25) is 4.90 Å².